The van der Waals surface area contributed by atoms with Crippen molar-refractivity contribution in [2.24, 2.45) is 5.10 Å². The Kier molecular flexibility index (Phi) is 5.88. The number of benzene rings is 2. The number of ether oxygens (including phenoxy) is 1. The summed E-state index contributed by atoms with van der Waals surface area (Å²) in [5.41, 5.74) is 3.60. The Morgan fingerprint density at radius 3 is 2.88 bits per heavy atom. The minimum atomic E-state index is -0.312. The lowest BCUT2D eigenvalue weighted by atomic mass is 10.1. The maximum Gasteiger partial charge on any atom is 0.277 e. The van der Waals surface area contributed by atoms with Crippen LogP contribution in [-0.2, 0) is 4.79 Å². The fraction of sp³-hybridized carbons (Fsp3) is 0.111. The maximum absolute atomic E-state index is 11.9. The van der Waals surface area contributed by atoms with Gasteiger partial charge < -0.3 is 4.74 Å². The number of carbonyl (C=O) groups excluding carboxylic acids is 1. The summed E-state index contributed by atoms with van der Waals surface area (Å²) in [5.74, 6) is 0.302. The molecule has 2 aromatic carbocycles. The smallest absolute Gasteiger partial charge is 0.277 e. The van der Waals surface area contributed by atoms with Crippen LogP contribution in [0, 0.1) is 6.92 Å². The maximum atomic E-state index is 11.9. The summed E-state index contributed by atoms with van der Waals surface area (Å²) >= 11 is 8.57. The number of aryl methyl sites for hydroxylation is 1. The molecule has 3 rings (SSSR count). The zero-order chi connectivity index (χ0) is 17.8. The second-order valence-electron chi connectivity index (χ2n) is 5.29. The van der Waals surface area contributed by atoms with Crippen LogP contribution in [0.2, 0.25) is 0 Å². The zero-order valence-electron chi connectivity index (χ0n) is 13.3. The van der Waals surface area contributed by atoms with Gasteiger partial charge in [0.1, 0.15) is 5.75 Å². The Morgan fingerprint density at radius 2 is 2.12 bits per heavy atom. The molecule has 0 fully saturated rings. The van der Waals surface area contributed by atoms with Crippen molar-refractivity contribution in [1.29, 1.82) is 0 Å². The lowest BCUT2D eigenvalue weighted by molar-refractivity contribution is -0.123. The first-order chi connectivity index (χ1) is 12.0. The van der Waals surface area contributed by atoms with Gasteiger partial charge in [0, 0.05) is 9.35 Å². The van der Waals surface area contributed by atoms with Gasteiger partial charge >= 0.3 is 0 Å². The normalized spacial score (nSPS) is 11.2. The third-order valence-electron chi connectivity index (χ3n) is 3.51. The Balaban J connectivity index is 1.61. The number of amides is 1. The predicted molar refractivity (Wildman–Crippen MR) is 110 cm³/mol. The van der Waals surface area contributed by atoms with Crippen LogP contribution in [0.4, 0.5) is 0 Å². The fourth-order valence-corrected chi connectivity index (χ4v) is 3.98. The van der Waals surface area contributed by atoms with Crippen molar-refractivity contribution in [2.45, 2.75) is 6.92 Å². The zero-order valence-corrected chi connectivity index (χ0v) is 17.2. The molecule has 0 aliphatic rings. The van der Waals surface area contributed by atoms with Gasteiger partial charge in [-0.2, -0.15) is 5.10 Å². The second kappa shape index (κ2) is 8.12. The molecule has 1 heterocycles. The van der Waals surface area contributed by atoms with Gasteiger partial charge in [-0.1, -0.05) is 28.1 Å². The number of hydrogen-bond acceptors (Lipinski definition) is 4. The summed E-state index contributed by atoms with van der Waals surface area (Å²) in [7, 11) is 0. The molecule has 0 saturated heterocycles. The molecular formula is C18H14Br2N2O2S. The third kappa shape index (κ3) is 4.48. The van der Waals surface area contributed by atoms with E-state index in [-0.39, 0.29) is 12.5 Å². The first kappa shape index (κ1) is 18.1. The first-order valence-electron chi connectivity index (χ1n) is 7.41. The van der Waals surface area contributed by atoms with Crippen molar-refractivity contribution < 1.29 is 9.53 Å². The van der Waals surface area contributed by atoms with E-state index in [4.69, 9.17) is 4.74 Å². The summed E-state index contributed by atoms with van der Waals surface area (Å²) in [6.07, 6.45) is 1.64. The van der Waals surface area contributed by atoms with E-state index < -0.39 is 0 Å². The van der Waals surface area contributed by atoms with Gasteiger partial charge in [0.25, 0.3) is 5.91 Å². The van der Waals surface area contributed by atoms with Crippen molar-refractivity contribution in [2.75, 3.05) is 6.61 Å². The number of fused-ring (bicyclic) bond motifs is 1. The SMILES string of the molecule is Cc1ccsc1C=NNC(=O)COc1ccc2cc(Br)ccc2c1Br. The molecule has 25 heavy (non-hydrogen) atoms. The van der Waals surface area contributed by atoms with Crippen molar-refractivity contribution in [3.8, 4) is 5.75 Å². The van der Waals surface area contributed by atoms with Crippen LogP contribution in [0.25, 0.3) is 10.8 Å². The van der Waals surface area contributed by atoms with E-state index in [1.54, 1.807) is 17.6 Å². The molecule has 1 aromatic heterocycles. The van der Waals surface area contributed by atoms with Crippen LogP contribution in [0.1, 0.15) is 10.4 Å². The minimum Gasteiger partial charge on any atom is -0.483 e. The summed E-state index contributed by atoms with van der Waals surface area (Å²) in [4.78, 5) is 12.9. The second-order valence-corrected chi connectivity index (χ2v) is 7.95. The van der Waals surface area contributed by atoms with Crippen LogP contribution < -0.4 is 10.2 Å². The van der Waals surface area contributed by atoms with Crippen molar-refractivity contribution in [1.82, 2.24) is 5.43 Å². The average Bonchev–Trinajstić information content (AvgIpc) is 2.99. The van der Waals surface area contributed by atoms with Crippen LogP contribution >= 0.6 is 43.2 Å². The molecule has 128 valence electrons. The van der Waals surface area contributed by atoms with Gasteiger partial charge in [-0.05, 0) is 68.8 Å². The molecule has 1 amide bonds. The molecule has 3 aromatic rings. The molecule has 0 radical (unpaired) electrons. The van der Waals surface area contributed by atoms with Crippen LogP contribution in [0.3, 0.4) is 0 Å². The fourth-order valence-electron chi connectivity index (χ4n) is 2.21. The molecule has 0 aliphatic carbocycles. The molecule has 0 aliphatic heterocycles. The first-order valence-corrected chi connectivity index (χ1v) is 9.88. The number of carbonyl (C=O) groups is 1. The quantitative estimate of drug-likeness (QED) is 0.399. The number of nitrogens with one attached hydrogen (secondary N) is 1. The van der Waals surface area contributed by atoms with E-state index in [2.05, 4.69) is 42.4 Å². The van der Waals surface area contributed by atoms with Crippen LogP contribution in [0.15, 0.2) is 55.8 Å². The van der Waals surface area contributed by atoms with Gasteiger partial charge in [-0.3, -0.25) is 4.79 Å². The molecule has 0 unspecified atom stereocenters. The van der Waals surface area contributed by atoms with Crippen molar-refractivity contribution in [3.63, 3.8) is 0 Å². The summed E-state index contributed by atoms with van der Waals surface area (Å²) < 4.78 is 7.44. The van der Waals surface area contributed by atoms with Crippen LogP contribution in [0.5, 0.6) is 5.75 Å². The number of hydrogen-bond donors (Lipinski definition) is 1. The highest BCUT2D eigenvalue weighted by Crippen LogP contribution is 2.34. The van der Waals surface area contributed by atoms with E-state index >= 15 is 0 Å². The molecular weight excluding hydrogens is 468 g/mol. The third-order valence-corrected chi connectivity index (χ3v) is 5.78. The standard InChI is InChI=1S/C18H14Br2N2O2S/c1-11-6-7-25-16(11)9-21-22-17(23)10-24-15-5-2-12-8-13(19)3-4-14(12)18(15)20/h2-9H,10H2,1H3,(H,22,23). The van der Waals surface area contributed by atoms with Gasteiger partial charge in [0.15, 0.2) is 6.61 Å². The van der Waals surface area contributed by atoms with E-state index in [9.17, 15) is 4.79 Å². The molecule has 0 saturated carbocycles. The summed E-state index contributed by atoms with van der Waals surface area (Å²) in [6, 6.07) is 11.8. The molecule has 0 bridgehead atoms. The van der Waals surface area contributed by atoms with Crippen molar-refractivity contribution >= 4 is 66.1 Å². The van der Waals surface area contributed by atoms with E-state index in [0.29, 0.717) is 5.75 Å². The van der Waals surface area contributed by atoms with Crippen LogP contribution in [-0.4, -0.2) is 18.7 Å². The number of nitrogens with zero attached hydrogens (tertiary/aromatic N) is 1. The lowest BCUT2D eigenvalue weighted by Crippen LogP contribution is -2.24. The largest absolute Gasteiger partial charge is 0.483 e. The highest BCUT2D eigenvalue weighted by Gasteiger charge is 2.09. The predicted octanol–water partition coefficient (Wildman–Crippen LogP) is 5.26. The van der Waals surface area contributed by atoms with E-state index in [1.165, 1.54) is 0 Å². The Morgan fingerprint density at radius 1 is 1.28 bits per heavy atom. The molecule has 4 nitrogen and oxygen atoms in total. The average molecular weight is 482 g/mol. The Hall–Kier alpha value is -1.70. The van der Waals surface area contributed by atoms with E-state index in [1.807, 2.05) is 48.7 Å². The molecule has 7 heteroatoms. The molecule has 1 N–H and O–H groups in total. The molecule has 0 spiro atoms. The molecule has 0 atom stereocenters. The van der Waals surface area contributed by atoms with E-state index in [0.717, 1.165) is 30.2 Å². The number of thiophene rings is 1. The van der Waals surface area contributed by atoms with Crippen molar-refractivity contribution in [3.05, 3.63) is 61.2 Å². The summed E-state index contributed by atoms with van der Waals surface area (Å²) in [5, 5.41) is 8.04. The monoisotopic (exact) mass is 480 g/mol. The highest BCUT2D eigenvalue weighted by atomic mass is 79.9. The highest BCUT2D eigenvalue weighted by molar-refractivity contribution is 9.11. The topological polar surface area (TPSA) is 50.7 Å². The number of halogens is 2. The lowest BCUT2D eigenvalue weighted by Gasteiger charge is -2.10. The van der Waals surface area contributed by atoms with Gasteiger partial charge in [-0.15, -0.1) is 11.3 Å². The number of rotatable bonds is 5. The van der Waals surface area contributed by atoms with Gasteiger partial charge in [0.2, 0.25) is 0 Å². The Labute approximate surface area is 166 Å². The minimum absolute atomic E-state index is 0.110. The summed E-state index contributed by atoms with van der Waals surface area (Å²) in [6.45, 7) is 1.89. The van der Waals surface area contributed by atoms with Gasteiger partial charge in [0.05, 0.1) is 10.7 Å². The Bertz CT molecular complexity index is 953. The number of hydrazone groups is 1. The van der Waals surface area contributed by atoms with Gasteiger partial charge in [-0.25, -0.2) is 5.43 Å².